The van der Waals surface area contributed by atoms with E-state index in [1.807, 2.05) is 6.92 Å². The summed E-state index contributed by atoms with van der Waals surface area (Å²) in [6.07, 6.45) is 4.74. The van der Waals surface area contributed by atoms with E-state index in [2.05, 4.69) is 26.1 Å². The van der Waals surface area contributed by atoms with E-state index in [0.29, 0.717) is 12.0 Å². The highest BCUT2D eigenvalue weighted by molar-refractivity contribution is 5.77. The molecule has 0 aliphatic heterocycles. The van der Waals surface area contributed by atoms with Crippen LogP contribution < -0.4 is 5.32 Å². The van der Waals surface area contributed by atoms with Gasteiger partial charge in [-0.25, -0.2) is 0 Å². The summed E-state index contributed by atoms with van der Waals surface area (Å²) in [4.78, 5) is 11.2. The first-order valence-corrected chi connectivity index (χ1v) is 6.30. The zero-order valence-corrected chi connectivity index (χ0v) is 11.3. The normalized spacial score (nSPS) is 11.5. The minimum atomic E-state index is -0.00216. The first-order valence-electron chi connectivity index (χ1n) is 6.30. The molecule has 1 N–H and O–H groups in total. The topological polar surface area (TPSA) is 38.3 Å². The number of nitrogens with one attached hydrogen (secondary N) is 1. The van der Waals surface area contributed by atoms with Crippen LogP contribution in [0.1, 0.15) is 53.4 Å². The Balaban J connectivity index is 3.24. The first-order chi connectivity index (χ1) is 7.45. The van der Waals surface area contributed by atoms with Crippen LogP contribution in [-0.4, -0.2) is 25.7 Å². The van der Waals surface area contributed by atoms with Crippen molar-refractivity contribution in [2.24, 2.45) is 5.41 Å². The second kappa shape index (κ2) is 8.57. The Morgan fingerprint density at radius 1 is 1.19 bits per heavy atom. The summed E-state index contributed by atoms with van der Waals surface area (Å²) in [6.45, 7) is 10.2. The minimum absolute atomic E-state index is 0.00216. The van der Waals surface area contributed by atoms with Gasteiger partial charge in [0, 0.05) is 13.2 Å². The highest BCUT2D eigenvalue weighted by Crippen LogP contribution is 2.21. The van der Waals surface area contributed by atoms with Crippen molar-refractivity contribution in [1.82, 2.24) is 5.32 Å². The highest BCUT2D eigenvalue weighted by atomic mass is 16.5. The molecule has 0 saturated carbocycles. The first kappa shape index (κ1) is 15.4. The number of ether oxygens (including phenoxy) is 1. The van der Waals surface area contributed by atoms with Crippen molar-refractivity contribution in [1.29, 1.82) is 0 Å². The maximum Gasteiger partial charge on any atom is 0.245 e. The zero-order valence-electron chi connectivity index (χ0n) is 11.3. The quantitative estimate of drug-likeness (QED) is 0.650. The number of rotatable bonds is 8. The van der Waals surface area contributed by atoms with E-state index >= 15 is 0 Å². The summed E-state index contributed by atoms with van der Waals surface area (Å²) >= 11 is 0. The average molecular weight is 229 g/mol. The SMILES string of the molecule is CCOCC(=O)NCCCCCC(C)(C)C. The highest BCUT2D eigenvalue weighted by Gasteiger charge is 2.08. The predicted molar refractivity (Wildman–Crippen MR) is 67.4 cm³/mol. The van der Waals surface area contributed by atoms with Crippen LogP contribution in [-0.2, 0) is 9.53 Å². The molecule has 0 saturated heterocycles. The third-order valence-corrected chi connectivity index (χ3v) is 2.36. The second-order valence-corrected chi connectivity index (χ2v) is 5.36. The molecular weight excluding hydrogens is 202 g/mol. The van der Waals surface area contributed by atoms with Gasteiger partial charge in [-0.2, -0.15) is 0 Å². The largest absolute Gasteiger partial charge is 0.372 e. The van der Waals surface area contributed by atoms with Crippen molar-refractivity contribution >= 4 is 5.91 Å². The van der Waals surface area contributed by atoms with Gasteiger partial charge in [0.25, 0.3) is 0 Å². The van der Waals surface area contributed by atoms with Crippen LogP contribution in [0.25, 0.3) is 0 Å². The van der Waals surface area contributed by atoms with E-state index in [1.54, 1.807) is 0 Å². The van der Waals surface area contributed by atoms with Crippen LogP contribution in [0.4, 0.5) is 0 Å². The van der Waals surface area contributed by atoms with Crippen LogP contribution in [0, 0.1) is 5.41 Å². The summed E-state index contributed by atoms with van der Waals surface area (Å²) in [5.41, 5.74) is 0.429. The van der Waals surface area contributed by atoms with Gasteiger partial charge in [-0.3, -0.25) is 4.79 Å². The molecule has 0 fully saturated rings. The van der Waals surface area contributed by atoms with Crippen molar-refractivity contribution in [2.45, 2.75) is 53.4 Å². The Morgan fingerprint density at radius 2 is 1.88 bits per heavy atom. The van der Waals surface area contributed by atoms with Gasteiger partial charge in [-0.15, -0.1) is 0 Å². The number of carbonyl (C=O) groups excluding carboxylic acids is 1. The molecule has 1 amide bonds. The smallest absolute Gasteiger partial charge is 0.245 e. The summed E-state index contributed by atoms with van der Waals surface area (Å²) in [5, 5.41) is 2.85. The van der Waals surface area contributed by atoms with Crippen LogP contribution in [0.3, 0.4) is 0 Å². The average Bonchev–Trinajstić information content (AvgIpc) is 2.18. The molecule has 0 atom stereocenters. The lowest BCUT2D eigenvalue weighted by atomic mass is 9.89. The lowest BCUT2D eigenvalue weighted by Crippen LogP contribution is -2.28. The maximum absolute atomic E-state index is 11.2. The van der Waals surface area contributed by atoms with E-state index in [0.717, 1.165) is 13.0 Å². The van der Waals surface area contributed by atoms with Gasteiger partial charge in [0.2, 0.25) is 5.91 Å². The number of amides is 1. The Labute approximate surface area is 99.9 Å². The lowest BCUT2D eigenvalue weighted by molar-refractivity contribution is -0.125. The Bertz CT molecular complexity index is 185. The van der Waals surface area contributed by atoms with Crippen LogP contribution in [0.5, 0.6) is 0 Å². The third kappa shape index (κ3) is 11.5. The van der Waals surface area contributed by atoms with E-state index in [9.17, 15) is 4.79 Å². The van der Waals surface area contributed by atoms with E-state index in [4.69, 9.17) is 4.74 Å². The van der Waals surface area contributed by atoms with Gasteiger partial charge in [-0.1, -0.05) is 33.6 Å². The molecule has 0 aliphatic carbocycles. The zero-order chi connectivity index (χ0) is 12.4. The number of carbonyl (C=O) groups is 1. The standard InChI is InChI=1S/C13H27NO2/c1-5-16-11-12(15)14-10-8-6-7-9-13(2,3)4/h5-11H2,1-4H3,(H,14,15). The number of hydrogen-bond acceptors (Lipinski definition) is 2. The molecule has 0 rings (SSSR count). The molecule has 0 radical (unpaired) electrons. The monoisotopic (exact) mass is 229 g/mol. The predicted octanol–water partition coefficient (Wildman–Crippen LogP) is 2.75. The molecule has 0 aromatic rings. The Morgan fingerprint density at radius 3 is 2.44 bits per heavy atom. The fourth-order valence-electron chi connectivity index (χ4n) is 1.43. The second-order valence-electron chi connectivity index (χ2n) is 5.36. The van der Waals surface area contributed by atoms with Crippen molar-refractivity contribution in [3.8, 4) is 0 Å². The van der Waals surface area contributed by atoms with Crippen molar-refractivity contribution in [3.63, 3.8) is 0 Å². The summed E-state index contributed by atoms with van der Waals surface area (Å²) in [7, 11) is 0. The molecule has 96 valence electrons. The molecule has 0 aliphatic rings. The fourth-order valence-corrected chi connectivity index (χ4v) is 1.43. The molecule has 0 aromatic heterocycles. The van der Waals surface area contributed by atoms with E-state index < -0.39 is 0 Å². The Hall–Kier alpha value is -0.570. The van der Waals surface area contributed by atoms with Crippen molar-refractivity contribution in [3.05, 3.63) is 0 Å². The van der Waals surface area contributed by atoms with E-state index in [1.165, 1.54) is 19.3 Å². The van der Waals surface area contributed by atoms with Crippen molar-refractivity contribution in [2.75, 3.05) is 19.8 Å². The molecule has 16 heavy (non-hydrogen) atoms. The summed E-state index contributed by atoms with van der Waals surface area (Å²) in [5.74, 6) is -0.00216. The van der Waals surface area contributed by atoms with E-state index in [-0.39, 0.29) is 12.5 Å². The molecule has 0 heterocycles. The lowest BCUT2D eigenvalue weighted by Gasteiger charge is -2.17. The summed E-state index contributed by atoms with van der Waals surface area (Å²) < 4.78 is 5.01. The van der Waals surface area contributed by atoms with Gasteiger partial charge in [0.1, 0.15) is 6.61 Å². The minimum Gasteiger partial charge on any atom is -0.372 e. The summed E-state index contributed by atoms with van der Waals surface area (Å²) in [6, 6.07) is 0. The van der Waals surface area contributed by atoms with Crippen LogP contribution in [0.2, 0.25) is 0 Å². The van der Waals surface area contributed by atoms with Gasteiger partial charge in [0.05, 0.1) is 0 Å². The molecule has 3 heteroatoms. The number of unbranched alkanes of at least 4 members (excludes halogenated alkanes) is 2. The fraction of sp³-hybridized carbons (Fsp3) is 0.923. The van der Waals surface area contributed by atoms with Crippen LogP contribution >= 0.6 is 0 Å². The molecule has 0 aromatic carbocycles. The third-order valence-electron chi connectivity index (χ3n) is 2.36. The number of hydrogen-bond donors (Lipinski definition) is 1. The maximum atomic E-state index is 11.2. The van der Waals surface area contributed by atoms with Gasteiger partial charge in [-0.05, 0) is 25.2 Å². The molecule has 3 nitrogen and oxygen atoms in total. The molecular formula is C13H27NO2. The van der Waals surface area contributed by atoms with Gasteiger partial charge >= 0.3 is 0 Å². The van der Waals surface area contributed by atoms with Crippen molar-refractivity contribution < 1.29 is 9.53 Å². The molecule has 0 spiro atoms. The van der Waals surface area contributed by atoms with Gasteiger partial charge < -0.3 is 10.1 Å². The van der Waals surface area contributed by atoms with Crippen LogP contribution in [0.15, 0.2) is 0 Å². The van der Waals surface area contributed by atoms with Gasteiger partial charge in [0.15, 0.2) is 0 Å². The molecule has 0 bridgehead atoms. The molecule has 0 unspecified atom stereocenters. The Kier molecular flexibility index (Phi) is 8.26.